The summed E-state index contributed by atoms with van der Waals surface area (Å²) in [6.45, 7) is 3.62. The number of hydrogen-bond donors (Lipinski definition) is 1. The van der Waals surface area contributed by atoms with Gasteiger partial charge in [0.25, 0.3) is 5.91 Å². The average molecular weight is 346 g/mol. The number of aryl methyl sites for hydroxylation is 3. The molecule has 3 rings (SSSR count). The highest BCUT2D eigenvalue weighted by molar-refractivity contribution is 6.31. The number of carbonyl (C=O) groups excluding carboxylic acids is 1. The first kappa shape index (κ1) is 16.2. The third-order valence-electron chi connectivity index (χ3n) is 3.98. The SMILES string of the molecule is Cc1nn(C)c(C)c1NC(=O)c1nn(C)c2ccc(Cl)cc2c1=O. The van der Waals surface area contributed by atoms with E-state index in [9.17, 15) is 9.59 Å². The van der Waals surface area contributed by atoms with Crippen LogP contribution in [0.2, 0.25) is 5.02 Å². The number of fused-ring (bicyclic) bond motifs is 1. The maximum atomic E-state index is 12.6. The van der Waals surface area contributed by atoms with Crippen LogP contribution in [0, 0.1) is 13.8 Å². The van der Waals surface area contributed by atoms with E-state index >= 15 is 0 Å². The zero-order chi connectivity index (χ0) is 17.6. The molecule has 0 aliphatic heterocycles. The molecular formula is C16H16ClN5O2. The van der Waals surface area contributed by atoms with Crippen molar-refractivity contribution in [3.8, 4) is 0 Å². The zero-order valence-electron chi connectivity index (χ0n) is 13.7. The Morgan fingerprint density at radius 2 is 1.88 bits per heavy atom. The summed E-state index contributed by atoms with van der Waals surface area (Å²) in [7, 11) is 3.46. The van der Waals surface area contributed by atoms with Crippen LogP contribution >= 0.6 is 11.6 Å². The summed E-state index contributed by atoms with van der Waals surface area (Å²) in [5.41, 5.74) is 2.01. The monoisotopic (exact) mass is 345 g/mol. The van der Waals surface area contributed by atoms with Crippen molar-refractivity contribution < 1.29 is 4.79 Å². The smallest absolute Gasteiger partial charge is 0.280 e. The summed E-state index contributed by atoms with van der Waals surface area (Å²) in [6, 6.07) is 4.91. The second-order valence-corrected chi connectivity index (χ2v) is 6.02. The maximum Gasteiger partial charge on any atom is 0.280 e. The van der Waals surface area contributed by atoms with Crippen molar-refractivity contribution in [3.63, 3.8) is 0 Å². The first-order chi connectivity index (χ1) is 11.3. The molecule has 0 saturated heterocycles. The van der Waals surface area contributed by atoms with Gasteiger partial charge in [-0.2, -0.15) is 10.2 Å². The Balaban J connectivity index is 2.10. The van der Waals surface area contributed by atoms with Crippen LogP contribution in [0.25, 0.3) is 10.9 Å². The van der Waals surface area contributed by atoms with Gasteiger partial charge in [-0.05, 0) is 32.0 Å². The molecule has 1 amide bonds. The Morgan fingerprint density at radius 1 is 1.17 bits per heavy atom. The summed E-state index contributed by atoms with van der Waals surface area (Å²) in [5, 5.41) is 11.9. The summed E-state index contributed by atoms with van der Waals surface area (Å²) in [4.78, 5) is 25.2. The molecule has 0 saturated carbocycles. The van der Waals surface area contributed by atoms with E-state index in [1.54, 1.807) is 37.8 Å². The molecule has 0 aliphatic carbocycles. The fourth-order valence-corrected chi connectivity index (χ4v) is 2.80. The molecule has 0 bridgehead atoms. The summed E-state index contributed by atoms with van der Waals surface area (Å²) in [5.74, 6) is -0.573. The van der Waals surface area contributed by atoms with E-state index < -0.39 is 11.3 Å². The van der Waals surface area contributed by atoms with Gasteiger partial charge in [-0.15, -0.1) is 0 Å². The number of hydrogen-bond acceptors (Lipinski definition) is 4. The fraction of sp³-hybridized carbons (Fsp3) is 0.250. The van der Waals surface area contributed by atoms with Crippen molar-refractivity contribution in [2.75, 3.05) is 5.32 Å². The predicted molar refractivity (Wildman–Crippen MR) is 92.6 cm³/mol. The highest BCUT2D eigenvalue weighted by Crippen LogP contribution is 2.19. The van der Waals surface area contributed by atoms with Gasteiger partial charge in [-0.1, -0.05) is 11.6 Å². The van der Waals surface area contributed by atoms with E-state index in [1.165, 1.54) is 10.7 Å². The Labute approximate surface area is 142 Å². The van der Waals surface area contributed by atoms with Crippen LogP contribution in [0.3, 0.4) is 0 Å². The first-order valence-corrected chi connectivity index (χ1v) is 7.65. The van der Waals surface area contributed by atoms with Crippen LogP contribution in [0.15, 0.2) is 23.0 Å². The molecule has 24 heavy (non-hydrogen) atoms. The normalized spacial score (nSPS) is 11.0. The van der Waals surface area contributed by atoms with Gasteiger partial charge < -0.3 is 5.32 Å². The minimum absolute atomic E-state index is 0.185. The highest BCUT2D eigenvalue weighted by Gasteiger charge is 2.20. The molecule has 124 valence electrons. The average Bonchev–Trinajstić information content (AvgIpc) is 2.77. The Morgan fingerprint density at radius 3 is 2.50 bits per heavy atom. The zero-order valence-corrected chi connectivity index (χ0v) is 14.5. The van der Waals surface area contributed by atoms with Gasteiger partial charge in [0.05, 0.1) is 28.0 Å². The second-order valence-electron chi connectivity index (χ2n) is 5.59. The van der Waals surface area contributed by atoms with Gasteiger partial charge in [-0.3, -0.25) is 19.0 Å². The molecular weight excluding hydrogens is 330 g/mol. The number of nitrogens with zero attached hydrogens (tertiary/aromatic N) is 4. The molecule has 8 heteroatoms. The second kappa shape index (κ2) is 5.76. The molecule has 0 fully saturated rings. The highest BCUT2D eigenvalue weighted by atomic mass is 35.5. The molecule has 2 heterocycles. The molecule has 0 spiro atoms. The number of carbonyl (C=O) groups is 1. The first-order valence-electron chi connectivity index (χ1n) is 7.27. The minimum Gasteiger partial charge on any atom is -0.317 e. The minimum atomic E-state index is -0.573. The Hall–Kier alpha value is -2.67. The third kappa shape index (κ3) is 2.56. The largest absolute Gasteiger partial charge is 0.317 e. The van der Waals surface area contributed by atoms with Crippen molar-refractivity contribution in [1.82, 2.24) is 19.6 Å². The van der Waals surface area contributed by atoms with E-state index in [2.05, 4.69) is 15.5 Å². The molecule has 2 aromatic heterocycles. The molecule has 1 aromatic carbocycles. The summed E-state index contributed by atoms with van der Waals surface area (Å²) in [6.07, 6.45) is 0. The van der Waals surface area contributed by atoms with E-state index in [0.717, 1.165) is 5.69 Å². The van der Waals surface area contributed by atoms with Crippen molar-refractivity contribution in [2.24, 2.45) is 14.1 Å². The fourth-order valence-electron chi connectivity index (χ4n) is 2.62. The molecule has 0 atom stereocenters. The molecule has 0 aliphatic rings. The molecule has 0 unspecified atom stereocenters. The van der Waals surface area contributed by atoms with E-state index in [4.69, 9.17) is 11.6 Å². The standard InChI is InChI=1S/C16H16ClN5O2/c1-8-13(9(2)21(3)19-8)18-16(24)14-15(23)11-7-10(17)5-6-12(11)22(4)20-14/h5-7H,1-4H3,(H,18,24). The Bertz CT molecular complexity index is 1040. The topological polar surface area (TPSA) is 81.8 Å². The van der Waals surface area contributed by atoms with Gasteiger partial charge >= 0.3 is 0 Å². The van der Waals surface area contributed by atoms with Gasteiger partial charge in [0.15, 0.2) is 5.69 Å². The molecule has 0 radical (unpaired) electrons. The number of rotatable bonds is 2. The maximum absolute atomic E-state index is 12.6. The van der Waals surface area contributed by atoms with Gasteiger partial charge in [-0.25, -0.2) is 0 Å². The van der Waals surface area contributed by atoms with Crippen molar-refractivity contribution >= 4 is 34.1 Å². The van der Waals surface area contributed by atoms with Gasteiger partial charge in [0, 0.05) is 19.1 Å². The third-order valence-corrected chi connectivity index (χ3v) is 4.21. The molecule has 3 aromatic rings. The quantitative estimate of drug-likeness (QED) is 0.771. The number of amides is 1. The number of benzene rings is 1. The number of aromatic nitrogens is 4. The molecule has 7 nitrogen and oxygen atoms in total. The van der Waals surface area contributed by atoms with E-state index in [1.807, 2.05) is 6.92 Å². The van der Waals surface area contributed by atoms with E-state index in [-0.39, 0.29) is 5.69 Å². The predicted octanol–water partition coefficient (Wildman–Crippen LogP) is 2.19. The van der Waals surface area contributed by atoms with Crippen LogP contribution in [0.5, 0.6) is 0 Å². The van der Waals surface area contributed by atoms with E-state index in [0.29, 0.717) is 27.3 Å². The number of nitrogens with one attached hydrogen (secondary N) is 1. The summed E-state index contributed by atoms with van der Waals surface area (Å²) < 4.78 is 3.15. The molecule has 1 N–H and O–H groups in total. The van der Waals surface area contributed by atoms with Crippen LogP contribution in [0.1, 0.15) is 21.9 Å². The lowest BCUT2D eigenvalue weighted by atomic mass is 10.2. The van der Waals surface area contributed by atoms with Gasteiger partial charge in [0.2, 0.25) is 5.43 Å². The van der Waals surface area contributed by atoms with Crippen LogP contribution < -0.4 is 10.7 Å². The lowest BCUT2D eigenvalue weighted by molar-refractivity contribution is 0.101. The van der Waals surface area contributed by atoms with Crippen LogP contribution in [-0.4, -0.2) is 25.5 Å². The Kier molecular flexibility index (Phi) is 3.88. The van der Waals surface area contributed by atoms with Gasteiger partial charge in [0.1, 0.15) is 0 Å². The number of halogens is 1. The lowest BCUT2D eigenvalue weighted by Crippen LogP contribution is -2.26. The van der Waals surface area contributed by atoms with Crippen LogP contribution in [0.4, 0.5) is 5.69 Å². The summed E-state index contributed by atoms with van der Waals surface area (Å²) >= 11 is 5.97. The van der Waals surface area contributed by atoms with Crippen molar-refractivity contribution in [1.29, 1.82) is 0 Å². The number of anilines is 1. The van der Waals surface area contributed by atoms with Crippen molar-refractivity contribution in [2.45, 2.75) is 13.8 Å². The van der Waals surface area contributed by atoms with Crippen LogP contribution in [-0.2, 0) is 14.1 Å². The lowest BCUT2D eigenvalue weighted by Gasteiger charge is -2.09. The van der Waals surface area contributed by atoms with Crippen molar-refractivity contribution in [3.05, 3.63) is 50.5 Å².